The Morgan fingerprint density at radius 1 is 0.967 bits per heavy atom. The van der Waals surface area contributed by atoms with Gasteiger partial charge in [0.1, 0.15) is 17.7 Å². The third-order valence-electron chi connectivity index (χ3n) is 5.55. The first-order chi connectivity index (χ1) is 14.8. The minimum absolute atomic E-state index is 0.166. The number of rotatable bonds is 5. The molecule has 4 rings (SSSR count). The maximum Gasteiger partial charge on any atom is 0.264 e. The van der Waals surface area contributed by atoms with Gasteiger partial charge < -0.3 is 9.80 Å². The third-order valence-corrected chi connectivity index (χ3v) is 6.37. The molecule has 30 heavy (non-hydrogen) atoms. The number of thiophene rings is 1. The molecule has 2 heterocycles. The third kappa shape index (κ3) is 4.51. The SMILES string of the molecule is N#C/C(=C\c1cccs1)C(=O)N1CC[NH+](C(c2ccccc2)c2ccccc2)CC1. The molecule has 0 aliphatic carbocycles. The van der Waals surface area contributed by atoms with Gasteiger partial charge in [-0.15, -0.1) is 11.3 Å². The Balaban J connectivity index is 1.50. The molecule has 0 unspecified atom stereocenters. The molecule has 2 aromatic carbocycles. The van der Waals surface area contributed by atoms with Gasteiger partial charge in [-0.25, -0.2) is 0 Å². The number of hydrogen-bond donors (Lipinski definition) is 1. The summed E-state index contributed by atoms with van der Waals surface area (Å²) < 4.78 is 0. The van der Waals surface area contributed by atoms with Crippen LogP contribution in [0.2, 0.25) is 0 Å². The fraction of sp³-hybridized carbons (Fsp3) is 0.200. The number of nitrogens with zero attached hydrogens (tertiary/aromatic N) is 2. The van der Waals surface area contributed by atoms with Gasteiger partial charge in [0.25, 0.3) is 5.91 Å². The number of nitrogens with one attached hydrogen (secondary N) is 1. The molecular weight excluding hydrogens is 390 g/mol. The monoisotopic (exact) mass is 414 g/mol. The smallest absolute Gasteiger partial charge is 0.264 e. The summed E-state index contributed by atoms with van der Waals surface area (Å²) in [6, 6.07) is 27.3. The van der Waals surface area contributed by atoms with Crippen LogP contribution in [0, 0.1) is 11.3 Å². The normalized spacial score (nSPS) is 15.2. The van der Waals surface area contributed by atoms with E-state index in [1.807, 2.05) is 34.5 Å². The van der Waals surface area contributed by atoms with Gasteiger partial charge in [0.2, 0.25) is 0 Å². The minimum Gasteiger partial charge on any atom is -0.327 e. The van der Waals surface area contributed by atoms with E-state index in [0.717, 1.165) is 18.0 Å². The van der Waals surface area contributed by atoms with E-state index in [1.165, 1.54) is 27.4 Å². The highest BCUT2D eigenvalue weighted by atomic mass is 32.1. The zero-order valence-electron chi connectivity index (χ0n) is 16.7. The molecule has 0 radical (unpaired) electrons. The summed E-state index contributed by atoms with van der Waals surface area (Å²) in [5.41, 5.74) is 2.78. The van der Waals surface area contributed by atoms with Crippen molar-refractivity contribution in [1.29, 1.82) is 5.26 Å². The van der Waals surface area contributed by atoms with Crippen LogP contribution in [-0.2, 0) is 4.79 Å². The lowest BCUT2D eigenvalue weighted by molar-refractivity contribution is -0.929. The largest absolute Gasteiger partial charge is 0.327 e. The molecule has 150 valence electrons. The van der Waals surface area contributed by atoms with Crippen LogP contribution in [0.5, 0.6) is 0 Å². The summed E-state index contributed by atoms with van der Waals surface area (Å²) in [7, 11) is 0. The number of hydrogen-bond acceptors (Lipinski definition) is 3. The fourth-order valence-corrected chi connectivity index (χ4v) is 4.73. The van der Waals surface area contributed by atoms with E-state index in [1.54, 1.807) is 6.08 Å². The van der Waals surface area contributed by atoms with E-state index >= 15 is 0 Å². The van der Waals surface area contributed by atoms with Gasteiger partial charge in [-0.2, -0.15) is 5.26 Å². The number of quaternary nitrogens is 1. The Bertz CT molecular complexity index is 992. The first kappa shape index (κ1) is 20.1. The lowest BCUT2D eigenvalue weighted by atomic mass is 9.96. The van der Waals surface area contributed by atoms with Crippen LogP contribution in [0.1, 0.15) is 22.0 Å². The van der Waals surface area contributed by atoms with E-state index in [0.29, 0.717) is 13.1 Å². The van der Waals surface area contributed by atoms with Crippen molar-refractivity contribution in [3.05, 3.63) is 99.8 Å². The number of amides is 1. The lowest BCUT2D eigenvalue weighted by Crippen LogP contribution is -3.15. The van der Waals surface area contributed by atoms with Crippen LogP contribution in [-0.4, -0.2) is 37.0 Å². The standard InChI is InChI=1S/C25H23N3OS/c26-19-22(18-23-12-7-17-30-23)25(29)28-15-13-27(14-16-28)24(20-8-3-1-4-9-20)21-10-5-2-6-11-21/h1-12,17-18,24H,13-16H2/p+1/b22-18+. The van der Waals surface area contributed by atoms with Gasteiger partial charge in [-0.1, -0.05) is 66.7 Å². The molecule has 1 amide bonds. The van der Waals surface area contributed by atoms with Crippen LogP contribution < -0.4 is 4.90 Å². The van der Waals surface area contributed by atoms with Crippen molar-refractivity contribution in [2.75, 3.05) is 26.2 Å². The van der Waals surface area contributed by atoms with Gasteiger partial charge in [0.15, 0.2) is 0 Å². The summed E-state index contributed by atoms with van der Waals surface area (Å²) in [6.45, 7) is 2.98. The maximum absolute atomic E-state index is 12.9. The Kier molecular flexibility index (Phi) is 6.38. The molecule has 1 aliphatic heterocycles. The molecule has 3 aromatic rings. The second-order valence-corrected chi connectivity index (χ2v) is 8.37. The Labute approximate surface area is 181 Å². The van der Waals surface area contributed by atoms with Crippen LogP contribution in [0.3, 0.4) is 0 Å². The van der Waals surface area contributed by atoms with Crippen molar-refractivity contribution in [2.45, 2.75) is 6.04 Å². The molecule has 0 bridgehead atoms. The summed E-state index contributed by atoms with van der Waals surface area (Å²) in [5, 5.41) is 11.4. The van der Waals surface area contributed by atoms with Crippen LogP contribution in [0.25, 0.3) is 6.08 Å². The number of nitriles is 1. The number of piperazine rings is 1. The fourth-order valence-electron chi connectivity index (χ4n) is 4.07. The van der Waals surface area contributed by atoms with Gasteiger partial charge in [0, 0.05) is 16.0 Å². The van der Waals surface area contributed by atoms with E-state index in [4.69, 9.17) is 0 Å². The first-order valence-electron chi connectivity index (χ1n) is 10.2. The maximum atomic E-state index is 12.9. The van der Waals surface area contributed by atoms with Gasteiger partial charge in [-0.3, -0.25) is 4.79 Å². The second-order valence-electron chi connectivity index (χ2n) is 7.39. The average molecular weight is 415 g/mol. The molecule has 1 aliphatic rings. The molecule has 1 aromatic heterocycles. The summed E-state index contributed by atoms with van der Waals surface area (Å²) in [4.78, 5) is 17.1. The highest BCUT2D eigenvalue weighted by molar-refractivity contribution is 7.10. The second kappa shape index (κ2) is 9.53. The predicted molar refractivity (Wildman–Crippen MR) is 120 cm³/mol. The lowest BCUT2D eigenvalue weighted by Gasteiger charge is -2.37. The summed E-state index contributed by atoms with van der Waals surface area (Å²) in [5.74, 6) is -0.166. The van der Waals surface area contributed by atoms with Crippen LogP contribution in [0.4, 0.5) is 0 Å². The topological polar surface area (TPSA) is 48.5 Å². The number of carbonyl (C=O) groups excluding carboxylic acids is 1. The van der Waals surface area contributed by atoms with Crippen molar-refractivity contribution in [3.8, 4) is 6.07 Å². The number of carbonyl (C=O) groups is 1. The van der Waals surface area contributed by atoms with E-state index in [9.17, 15) is 10.1 Å². The highest BCUT2D eigenvalue weighted by Crippen LogP contribution is 2.20. The van der Waals surface area contributed by atoms with Crippen LogP contribution >= 0.6 is 11.3 Å². The van der Waals surface area contributed by atoms with Crippen molar-refractivity contribution in [1.82, 2.24) is 4.90 Å². The van der Waals surface area contributed by atoms with Crippen molar-refractivity contribution in [2.24, 2.45) is 0 Å². The highest BCUT2D eigenvalue weighted by Gasteiger charge is 2.32. The van der Waals surface area contributed by atoms with Crippen molar-refractivity contribution < 1.29 is 9.69 Å². The van der Waals surface area contributed by atoms with Crippen molar-refractivity contribution in [3.63, 3.8) is 0 Å². The van der Waals surface area contributed by atoms with E-state index in [2.05, 4.69) is 54.6 Å². The first-order valence-corrected chi connectivity index (χ1v) is 11.0. The average Bonchev–Trinajstić information content (AvgIpc) is 3.32. The molecule has 5 heteroatoms. The van der Waals surface area contributed by atoms with E-state index < -0.39 is 0 Å². The van der Waals surface area contributed by atoms with Gasteiger partial charge in [0.05, 0.1) is 26.2 Å². The van der Waals surface area contributed by atoms with Crippen LogP contribution in [0.15, 0.2) is 83.7 Å². The molecule has 0 spiro atoms. The summed E-state index contributed by atoms with van der Waals surface area (Å²) >= 11 is 1.53. The Morgan fingerprint density at radius 2 is 1.57 bits per heavy atom. The number of benzene rings is 2. The molecule has 4 nitrogen and oxygen atoms in total. The van der Waals surface area contributed by atoms with Crippen molar-refractivity contribution >= 4 is 23.3 Å². The van der Waals surface area contributed by atoms with E-state index in [-0.39, 0.29) is 17.5 Å². The zero-order chi connectivity index (χ0) is 20.8. The van der Waals surface area contributed by atoms with Gasteiger partial charge >= 0.3 is 0 Å². The summed E-state index contributed by atoms with van der Waals surface area (Å²) in [6.07, 6.45) is 1.70. The molecule has 1 N–H and O–H groups in total. The Morgan fingerprint density at radius 3 is 2.07 bits per heavy atom. The Hall–Kier alpha value is -3.20. The predicted octanol–water partition coefficient (Wildman–Crippen LogP) is 3.17. The zero-order valence-corrected chi connectivity index (χ0v) is 17.5. The molecule has 1 saturated heterocycles. The molecule has 1 fully saturated rings. The molecular formula is C25H24N3OS+. The van der Waals surface area contributed by atoms with Gasteiger partial charge in [-0.05, 0) is 17.5 Å². The molecule has 0 atom stereocenters. The minimum atomic E-state index is -0.166. The molecule has 0 saturated carbocycles. The quantitative estimate of drug-likeness (QED) is 0.515.